The van der Waals surface area contributed by atoms with Gasteiger partial charge in [-0.15, -0.1) is 5.10 Å². The maximum absolute atomic E-state index is 4.81. The van der Waals surface area contributed by atoms with Gasteiger partial charge >= 0.3 is 0 Å². The Morgan fingerprint density at radius 1 is 1.22 bits per heavy atom. The molecule has 1 aromatic carbocycles. The smallest absolute Gasteiger partial charge is 0.189 e. The predicted octanol–water partition coefficient (Wildman–Crippen LogP) is 5.02. The Labute approximate surface area is 141 Å². The van der Waals surface area contributed by atoms with Gasteiger partial charge in [0.25, 0.3) is 0 Å². The lowest BCUT2D eigenvalue weighted by Crippen LogP contribution is -2.13. The van der Waals surface area contributed by atoms with Crippen LogP contribution in [0.15, 0.2) is 40.1 Å². The van der Waals surface area contributed by atoms with E-state index in [9.17, 15) is 0 Å². The summed E-state index contributed by atoms with van der Waals surface area (Å²) >= 11 is 1.76. The number of H-pyrrole nitrogens is 1. The Balaban J connectivity index is 2.12. The average molecular weight is 328 g/mol. The Hall–Kier alpha value is -1.75. The van der Waals surface area contributed by atoms with Crippen molar-refractivity contribution >= 4 is 17.4 Å². The monoisotopic (exact) mass is 328 g/mol. The van der Waals surface area contributed by atoms with Gasteiger partial charge in [-0.05, 0) is 18.6 Å². The fourth-order valence-electron chi connectivity index (χ4n) is 2.42. The van der Waals surface area contributed by atoms with E-state index in [2.05, 4.69) is 69.1 Å². The lowest BCUT2D eigenvalue weighted by molar-refractivity contribution is 0.544. The van der Waals surface area contributed by atoms with Crippen LogP contribution in [0, 0.1) is 0 Å². The normalized spacial score (nSPS) is 13.6. The topological polar surface area (TPSA) is 46.0 Å². The molecule has 23 heavy (non-hydrogen) atoms. The molecule has 1 atom stereocenters. The largest absolute Gasteiger partial charge is 0.279 e. The standard InChI is InChI=1S/C18H24N4S/c1-6-12(2)16-19-17-14(23-13-10-8-7-9-11-13)15(18(3,4)5)20-22(17)21-16/h7-12,20H,6H2,1-5H3. The summed E-state index contributed by atoms with van der Waals surface area (Å²) in [4.78, 5) is 7.20. The molecule has 3 aromatic rings. The summed E-state index contributed by atoms with van der Waals surface area (Å²) in [7, 11) is 0. The molecule has 0 saturated carbocycles. The van der Waals surface area contributed by atoms with Crippen LogP contribution in [-0.2, 0) is 5.41 Å². The van der Waals surface area contributed by atoms with E-state index in [1.807, 2.05) is 10.7 Å². The highest BCUT2D eigenvalue weighted by Gasteiger charge is 2.26. The van der Waals surface area contributed by atoms with Crippen molar-refractivity contribution in [2.24, 2.45) is 0 Å². The molecule has 0 bridgehead atoms. The first kappa shape index (κ1) is 16.1. The van der Waals surface area contributed by atoms with Crippen LogP contribution in [0.5, 0.6) is 0 Å². The van der Waals surface area contributed by atoms with E-state index in [4.69, 9.17) is 4.98 Å². The molecule has 0 amide bonds. The summed E-state index contributed by atoms with van der Waals surface area (Å²) in [5, 5.41) is 8.10. The molecule has 1 N–H and O–H groups in total. The molecule has 2 heterocycles. The highest BCUT2D eigenvalue weighted by molar-refractivity contribution is 7.99. The fraction of sp³-hybridized carbons (Fsp3) is 0.444. The Kier molecular flexibility index (Phi) is 4.23. The number of benzene rings is 1. The van der Waals surface area contributed by atoms with Gasteiger partial charge in [-0.25, -0.2) is 4.98 Å². The molecule has 1 unspecified atom stereocenters. The first-order chi connectivity index (χ1) is 10.9. The van der Waals surface area contributed by atoms with Gasteiger partial charge in [0.15, 0.2) is 11.5 Å². The quantitative estimate of drug-likeness (QED) is 0.731. The van der Waals surface area contributed by atoms with Crippen molar-refractivity contribution in [1.82, 2.24) is 19.8 Å². The van der Waals surface area contributed by atoms with Gasteiger partial charge in [0.05, 0.1) is 10.6 Å². The molecule has 0 spiro atoms. The number of nitrogens with zero attached hydrogens (tertiary/aromatic N) is 3. The maximum Gasteiger partial charge on any atom is 0.189 e. The van der Waals surface area contributed by atoms with Crippen LogP contribution in [0.1, 0.15) is 58.5 Å². The maximum atomic E-state index is 4.81. The van der Waals surface area contributed by atoms with Crippen LogP contribution in [0.25, 0.3) is 5.65 Å². The second-order valence-electron chi connectivity index (χ2n) is 7.00. The van der Waals surface area contributed by atoms with Crippen LogP contribution < -0.4 is 0 Å². The van der Waals surface area contributed by atoms with Gasteiger partial charge in [-0.2, -0.15) is 4.63 Å². The van der Waals surface area contributed by atoms with E-state index >= 15 is 0 Å². The number of hydrogen-bond donors (Lipinski definition) is 1. The summed E-state index contributed by atoms with van der Waals surface area (Å²) in [6.07, 6.45) is 1.04. The van der Waals surface area contributed by atoms with E-state index < -0.39 is 0 Å². The number of hydrogen-bond acceptors (Lipinski definition) is 3. The van der Waals surface area contributed by atoms with Gasteiger partial charge in [0.1, 0.15) is 0 Å². The van der Waals surface area contributed by atoms with Crippen LogP contribution >= 0.6 is 11.8 Å². The second-order valence-corrected chi connectivity index (χ2v) is 8.08. The van der Waals surface area contributed by atoms with E-state index in [-0.39, 0.29) is 5.41 Å². The van der Waals surface area contributed by atoms with Crippen LogP contribution in [0.3, 0.4) is 0 Å². The molecule has 5 heteroatoms. The van der Waals surface area contributed by atoms with Crippen molar-refractivity contribution in [2.45, 2.75) is 62.2 Å². The lowest BCUT2D eigenvalue weighted by Gasteiger charge is -2.18. The second kappa shape index (κ2) is 6.04. The summed E-state index contributed by atoms with van der Waals surface area (Å²) in [5.41, 5.74) is 2.12. The molecule has 0 saturated heterocycles. The zero-order valence-electron chi connectivity index (χ0n) is 14.4. The van der Waals surface area contributed by atoms with Crippen molar-refractivity contribution in [3.8, 4) is 0 Å². The Morgan fingerprint density at radius 3 is 2.52 bits per heavy atom. The van der Waals surface area contributed by atoms with Gasteiger partial charge in [0, 0.05) is 16.2 Å². The van der Waals surface area contributed by atoms with Crippen LogP contribution in [0.4, 0.5) is 0 Å². The molecule has 3 rings (SSSR count). The third kappa shape index (κ3) is 3.15. The highest BCUT2D eigenvalue weighted by atomic mass is 32.2. The van der Waals surface area contributed by atoms with E-state index in [0.717, 1.165) is 17.9 Å². The van der Waals surface area contributed by atoms with E-state index in [0.29, 0.717) is 5.92 Å². The number of nitrogens with one attached hydrogen (secondary N) is 1. The van der Waals surface area contributed by atoms with Gasteiger partial charge in [-0.1, -0.05) is 64.6 Å². The number of aromatic amines is 1. The van der Waals surface area contributed by atoms with Crippen molar-refractivity contribution in [1.29, 1.82) is 0 Å². The molecule has 4 nitrogen and oxygen atoms in total. The minimum absolute atomic E-state index is 0.00995. The summed E-state index contributed by atoms with van der Waals surface area (Å²) < 4.78 is 1.84. The molecule has 122 valence electrons. The van der Waals surface area contributed by atoms with Gasteiger partial charge in [0.2, 0.25) is 0 Å². The summed E-state index contributed by atoms with van der Waals surface area (Å²) in [6.45, 7) is 11.0. The lowest BCUT2D eigenvalue weighted by atomic mass is 9.92. The van der Waals surface area contributed by atoms with Gasteiger partial charge < -0.3 is 0 Å². The number of fused-ring (bicyclic) bond motifs is 1. The first-order valence-electron chi connectivity index (χ1n) is 8.12. The minimum atomic E-state index is 0.00995. The van der Waals surface area contributed by atoms with Crippen molar-refractivity contribution in [2.75, 3.05) is 0 Å². The van der Waals surface area contributed by atoms with E-state index in [1.165, 1.54) is 15.5 Å². The third-order valence-corrected chi connectivity index (χ3v) is 5.14. The van der Waals surface area contributed by atoms with E-state index in [1.54, 1.807) is 11.8 Å². The van der Waals surface area contributed by atoms with Crippen molar-refractivity contribution in [3.63, 3.8) is 0 Å². The van der Waals surface area contributed by atoms with Crippen LogP contribution in [0.2, 0.25) is 0 Å². The number of rotatable bonds is 4. The summed E-state index contributed by atoms with van der Waals surface area (Å²) in [5.74, 6) is 1.28. The van der Waals surface area contributed by atoms with Crippen molar-refractivity contribution < 1.29 is 0 Å². The van der Waals surface area contributed by atoms with Gasteiger partial charge in [-0.3, -0.25) is 5.10 Å². The number of aromatic nitrogens is 4. The first-order valence-corrected chi connectivity index (χ1v) is 8.93. The summed E-state index contributed by atoms with van der Waals surface area (Å²) in [6, 6.07) is 10.4. The predicted molar refractivity (Wildman–Crippen MR) is 95.3 cm³/mol. The molecule has 0 aliphatic heterocycles. The Bertz CT molecular complexity index is 796. The van der Waals surface area contributed by atoms with Crippen molar-refractivity contribution in [3.05, 3.63) is 41.9 Å². The highest BCUT2D eigenvalue weighted by Crippen LogP contribution is 2.38. The molecule has 2 aromatic heterocycles. The molecule has 0 radical (unpaired) electrons. The zero-order valence-corrected chi connectivity index (χ0v) is 15.2. The molecular weight excluding hydrogens is 304 g/mol. The molecule has 0 aliphatic carbocycles. The molecule has 0 aliphatic rings. The minimum Gasteiger partial charge on any atom is -0.279 e. The SMILES string of the molecule is CCC(C)c1nc2c(Sc3ccccc3)c(C(C)(C)C)[nH]n2n1. The fourth-order valence-corrected chi connectivity index (χ4v) is 3.63. The Morgan fingerprint density at radius 2 is 1.91 bits per heavy atom. The zero-order chi connectivity index (χ0) is 16.6. The molecule has 0 fully saturated rings. The molecular formula is C18H24N4S. The third-order valence-electron chi connectivity index (χ3n) is 4.04. The average Bonchev–Trinajstić information content (AvgIpc) is 3.06. The van der Waals surface area contributed by atoms with Crippen LogP contribution in [-0.4, -0.2) is 19.8 Å².